The van der Waals surface area contributed by atoms with Crippen molar-refractivity contribution in [1.29, 1.82) is 0 Å². The van der Waals surface area contributed by atoms with Crippen molar-refractivity contribution in [2.45, 2.75) is 82.2 Å². The third kappa shape index (κ3) is 14.0. The molecule has 324 valence electrons. The topological polar surface area (TPSA) is 167 Å². The van der Waals surface area contributed by atoms with Crippen LogP contribution in [0.25, 0.3) is 0 Å². The summed E-state index contributed by atoms with van der Waals surface area (Å²) in [6, 6.07) is 1.64. The van der Waals surface area contributed by atoms with Crippen molar-refractivity contribution in [3.63, 3.8) is 0 Å². The Labute approximate surface area is 343 Å². The summed E-state index contributed by atoms with van der Waals surface area (Å²) in [5.74, 6) is 4.29. The molecule has 1 aromatic rings. The molecule has 57 heavy (non-hydrogen) atoms. The summed E-state index contributed by atoms with van der Waals surface area (Å²) >= 11 is 0. The molecule has 0 radical (unpaired) electrons. The highest BCUT2D eigenvalue weighted by atomic mass is 15.5. The number of hydrogen-bond acceptors (Lipinski definition) is 18. The lowest BCUT2D eigenvalue weighted by atomic mass is 10.1. The highest BCUT2D eigenvalue weighted by molar-refractivity contribution is 5.99. The average Bonchev–Trinajstić information content (AvgIpc) is 3.26. The Morgan fingerprint density at radius 1 is 0.544 bits per heavy atom. The first-order chi connectivity index (χ1) is 27.8. The smallest absolute Gasteiger partial charge is 0.231 e. The maximum absolute atomic E-state index is 5.09. The van der Waals surface area contributed by atoms with Crippen LogP contribution in [0.4, 0.5) is 17.8 Å². The summed E-state index contributed by atoms with van der Waals surface area (Å²) in [7, 11) is 14.5. The van der Waals surface area contributed by atoms with E-state index < -0.39 is 0 Å². The van der Waals surface area contributed by atoms with E-state index in [0.29, 0.717) is 18.1 Å². The van der Waals surface area contributed by atoms with Gasteiger partial charge in [0.05, 0.1) is 0 Å². The first-order valence-corrected chi connectivity index (χ1v) is 22.0. The molecule has 7 N–H and O–H groups in total. The van der Waals surface area contributed by atoms with Crippen LogP contribution in [-0.4, -0.2) is 207 Å². The van der Waals surface area contributed by atoms with E-state index in [-0.39, 0.29) is 6.29 Å². The molecule has 3 fully saturated rings. The first kappa shape index (κ1) is 45.0. The van der Waals surface area contributed by atoms with E-state index >= 15 is 0 Å². The van der Waals surface area contributed by atoms with Crippen LogP contribution in [0.2, 0.25) is 0 Å². The van der Waals surface area contributed by atoms with Crippen molar-refractivity contribution in [1.82, 2.24) is 66.9 Å². The SMILES string of the molecule is CNCCCN(C)C1=NC(N(C)CCCNC)N=C(N(C)CCCNCCNC2CCN(c3nc(N4CCC(NC)CC4)nc(N4CCC(NC)CC4)n3)CC2)N1. The van der Waals surface area contributed by atoms with E-state index in [1.807, 2.05) is 14.1 Å². The van der Waals surface area contributed by atoms with Gasteiger partial charge in [-0.3, -0.25) is 10.2 Å². The molecule has 18 heteroatoms. The molecule has 4 aliphatic rings. The summed E-state index contributed by atoms with van der Waals surface area (Å²) in [6.07, 6.45) is 9.50. The lowest BCUT2D eigenvalue weighted by molar-refractivity contribution is 0.244. The molecule has 5 rings (SSSR count). The molecule has 0 aromatic carbocycles. The van der Waals surface area contributed by atoms with Gasteiger partial charge in [0.1, 0.15) is 0 Å². The van der Waals surface area contributed by atoms with Crippen LogP contribution in [0.5, 0.6) is 0 Å². The van der Waals surface area contributed by atoms with Gasteiger partial charge in [0.25, 0.3) is 0 Å². The molecule has 1 aromatic heterocycles. The van der Waals surface area contributed by atoms with E-state index in [1.54, 1.807) is 0 Å². The molecule has 18 nitrogen and oxygen atoms in total. The molecular weight excluding hydrogens is 721 g/mol. The molecule has 0 aliphatic carbocycles. The van der Waals surface area contributed by atoms with Gasteiger partial charge in [-0.25, -0.2) is 9.98 Å². The zero-order chi connectivity index (χ0) is 40.4. The molecule has 0 saturated carbocycles. The second-order valence-electron chi connectivity index (χ2n) is 16.3. The summed E-state index contributed by atoms with van der Waals surface area (Å²) in [6.45, 7) is 13.4. The minimum absolute atomic E-state index is 0.233. The third-order valence-corrected chi connectivity index (χ3v) is 12.0. The number of anilines is 3. The standard InChI is InChI=1S/C39H78N18/c1-40-17-8-22-52(5)34-46-35(53(6)23-9-18-41-2)48-36(47-34)54(7)24-10-19-44-20-21-45-33-15-29-57(30-16-33)39-50-37(55-25-11-31(42-3)12-26-55)49-38(51-39)56-27-13-32(43-4)14-28-56/h31-34,40-45H,8-30H2,1-7H3,(H,46,47,48). The Bertz CT molecular complexity index is 1300. The number of hydrogen-bond donors (Lipinski definition) is 7. The normalized spacial score (nSPS) is 20.2. The number of aliphatic imine (C=N–C) groups is 2. The number of aromatic nitrogens is 3. The molecule has 3 saturated heterocycles. The van der Waals surface area contributed by atoms with Gasteiger partial charge < -0.3 is 56.4 Å². The summed E-state index contributed by atoms with van der Waals surface area (Å²) in [4.78, 5) is 39.0. The van der Waals surface area contributed by atoms with Crippen molar-refractivity contribution in [3.05, 3.63) is 0 Å². The average molecular weight is 799 g/mol. The van der Waals surface area contributed by atoms with Gasteiger partial charge in [-0.15, -0.1) is 0 Å². The number of rotatable bonds is 22. The maximum atomic E-state index is 5.09. The highest BCUT2D eigenvalue weighted by Crippen LogP contribution is 2.26. The van der Waals surface area contributed by atoms with Gasteiger partial charge in [0, 0.05) is 104 Å². The van der Waals surface area contributed by atoms with Gasteiger partial charge >= 0.3 is 0 Å². The molecular formula is C39H78N18. The van der Waals surface area contributed by atoms with E-state index in [0.717, 1.165) is 179 Å². The van der Waals surface area contributed by atoms with E-state index in [9.17, 15) is 0 Å². The van der Waals surface area contributed by atoms with Crippen LogP contribution in [0.1, 0.15) is 57.8 Å². The number of piperidine rings is 3. The number of guanidine groups is 2. The Morgan fingerprint density at radius 2 is 0.965 bits per heavy atom. The molecule has 1 atom stereocenters. The monoisotopic (exact) mass is 799 g/mol. The Morgan fingerprint density at radius 3 is 1.40 bits per heavy atom. The lowest BCUT2D eigenvalue weighted by Crippen LogP contribution is -2.53. The van der Waals surface area contributed by atoms with E-state index in [4.69, 9.17) is 24.9 Å². The van der Waals surface area contributed by atoms with Crippen molar-refractivity contribution < 1.29 is 0 Å². The summed E-state index contributed by atoms with van der Waals surface area (Å²) < 4.78 is 0. The van der Waals surface area contributed by atoms with Gasteiger partial charge in [-0.1, -0.05) is 0 Å². The third-order valence-electron chi connectivity index (χ3n) is 12.0. The van der Waals surface area contributed by atoms with Crippen LogP contribution < -0.4 is 51.9 Å². The molecule has 4 aliphatic heterocycles. The molecule has 5 heterocycles. The largest absolute Gasteiger partial charge is 0.346 e. The fourth-order valence-electron chi connectivity index (χ4n) is 8.04. The molecule has 0 amide bonds. The second kappa shape index (κ2) is 24.1. The highest BCUT2D eigenvalue weighted by Gasteiger charge is 2.28. The van der Waals surface area contributed by atoms with Crippen LogP contribution >= 0.6 is 0 Å². The Hall–Kier alpha value is -3.13. The van der Waals surface area contributed by atoms with Crippen LogP contribution in [0.3, 0.4) is 0 Å². The zero-order valence-electron chi connectivity index (χ0n) is 36.5. The van der Waals surface area contributed by atoms with Crippen molar-refractivity contribution in [3.8, 4) is 0 Å². The van der Waals surface area contributed by atoms with Crippen molar-refractivity contribution in [2.24, 2.45) is 9.98 Å². The first-order valence-electron chi connectivity index (χ1n) is 22.0. The fraction of sp³-hybridized carbons (Fsp3) is 0.872. The second-order valence-corrected chi connectivity index (χ2v) is 16.3. The van der Waals surface area contributed by atoms with Crippen LogP contribution in [0, 0.1) is 0 Å². The number of nitrogens with one attached hydrogen (secondary N) is 7. The quantitative estimate of drug-likeness (QED) is 0.0743. The zero-order valence-corrected chi connectivity index (χ0v) is 36.5. The minimum atomic E-state index is -0.233. The van der Waals surface area contributed by atoms with Crippen molar-refractivity contribution >= 4 is 29.8 Å². The minimum Gasteiger partial charge on any atom is -0.346 e. The molecule has 1 unspecified atom stereocenters. The predicted molar refractivity (Wildman–Crippen MR) is 236 cm³/mol. The molecule has 0 bridgehead atoms. The van der Waals surface area contributed by atoms with Crippen molar-refractivity contribution in [2.75, 3.05) is 156 Å². The van der Waals surface area contributed by atoms with Gasteiger partial charge in [0.2, 0.25) is 36.1 Å². The van der Waals surface area contributed by atoms with Gasteiger partial charge in [0.15, 0.2) is 0 Å². The Kier molecular flexibility index (Phi) is 19.0. The predicted octanol–water partition coefficient (Wildman–Crippen LogP) is -0.601. The maximum Gasteiger partial charge on any atom is 0.231 e. The van der Waals surface area contributed by atoms with Gasteiger partial charge in [-0.05, 0) is 113 Å². The van der Waals surface area contributed by atoms with E-state index in [1.165, 1.54) is 0 Å². The lowest BCUT2D eigenvalue weighted by Gasteiger charge is -2.36. The van der Waals surface area contributed by atoms with Crippen LogP contribution in [0.15, 0.2) is 9.98 Å². The van der Waals surface area contributed by atoms with Crippen LogP contribution in [-0.2, 0) is 0 Å². The van der Waals surface area contributed by atoms with E-state index in [2.05, 4.69) is 102 Å². The summed E-state index contributed by atoms with van der Waals surface area (Å²) in [5.41, 5.74) is 0. The van der Waals surface area contributed by atoms with Gasteiger partial charge in [-0.2, -0.15) is 15.0 Å². The Balaban J connectivity index is 1.04. The molecule has 0 spiro atoms. The number of nitrogens with zero attached hydrogens (tertiary/aromatic N) is 11. The fourth-order valence-corrected chi connectivity index (χ4v) is 8.04. The summed E-state index contributed by atoms with van der Waals surface area (Å²) in [5, 5.41) is 24.4.